The predicted octanol–water partition coefficient (Wildman–Crippen LogP) is 8.78. The van der Waals surface area contributed by atoms with Gasteiger partial charge in [-0.2, -0.15) is 0 Å². The van der Waals surface area contributed by atoms with Crippen LogP contribution in [0, 0.1) is 39.4 Å². The number of carbonyl (C=O) groups is 2. The van der Waals surface area contributed by atoms with E-state index < -0.39 is 0 Å². The molecule has 4 nitrogen and oxygen atoms in total. The minimum absolute atomic E-state index is 0.295. The highest BCUT2D eigenvalue weighted by molar-refractivity contribution is 9.09. The van der Waals surface area contributed by atoms with Crippen LogP contribution in [0.15, 0.2) is 60.7 Å². The van der Waals surface area contributed by atoms with Crippen LogP contribution in [0.1, 0.15) is 101 Å². The molecule has 8 aliphatic rings. The first-order valence-corrected chi connectivity index (χ1v) is 19.3. The van der Waals surface area contributed by atoms with Crippen molar-refractivity contribution in [2.24, 2.45) is 39.4 Å². The first kappa shape index (κ1) is 30.2. The average molecular weight is 672 g/mol. The Kier molecular flexibility index (Phi) is 7.74. The topological polar surface area (TPSA) is 40.6 Å². The summed E-state index contributed by atoms with van der Waals surface area (Å²) in [4.78, 5) is 27.9. The van der Waals surface area contributed by atoms with Crippen LogP contribution in [-0.4, -0.2) is 40.0 Å². The number of benzene rings is 2. The second-order valence-electron chi connectivity index (χ2n) is 15.9. The first-order chi connectivity index (χ1) is 22.0. The summed E-state index contributed by atoms with van der Waals surface area (Å²) in [5, 5.41) is 1.24. The third-order valence-electron chi connectivity index (χ3n) is 13.9. The van der Waals surface area contributed by atoms with Gasteiger partial charge in [-0.05, 0) is 128 Å². The van der Waals surface area contributed by atoms with Crippen molar-refractivity contribution in [3.05, 3.63) is 71.8 Å². The fourth-order valence-corrected chi connectivity index (χ4v) is 11.4. The number of carbonyl (C=O) groups excluding carboxylic acids is 2. The summed E-state index contributed by atoms with van der Waals surface area (Å²) < 4.78 is 0. The van der Waals surface area contributed by atoms with Crippen molar-refractivity contribution < 1.29 is 9.59 Å². The standard InChI is InChI=1S/C20H25NO.C11H13NO.C9H13Br/c22-18-16(6-7-17-19(9-10-19)20(17)11-12-20)8-13-21(18)14-15-4-2-1-3-5-15;13-11-7-4-8-12(11)9-10-5-2-1-3-6-10;10-6-1-7-8(2-3-8)9(7)4-5-9/h1-5,16-17H,6-14H2;1-3,5-6H,4,7-9H2;7H,1-6H2. The highest BCUT2D eigenvalue weighted by Crippen LogP contribution is 2.94. The second kappa shape index (κ2) is 11.5. The number of hydrogen-bond acceptors (Lipinski definition) is 2. The highest BCUT2D eigenvalue weighted by atomic mass is 79.9. The van der Waals surface area contributed by atoms with Crippen molar-refractivity contribution in [3.63, 3.8) is 0 Å². The number of alkyl halides is 1. The fourth-order valence-electron chi connectivity index (χ4n) is 10.9. The Bertz CT molecular complexity index is 1360. The Balaban J connectivity index is 0.000000110. The van der Waals surface area contributed by atoms with E-state index in [1.165, 1.54) is 55.0 Å². The van der Waals surface area contributed by atoms with Crippen molar-refractivity contribution in [1.82, 2.24) is 9.80 Å². The van der Waals surface area contributed by atoms with Crippen LogP contribution >= 0.6 is 15.9 Å². The number of nitrogens with zero attached hydrogens (tertiary/aromatic N) is 2. The van der Waals surface area contributed by atoms with Crippen LogP contribution in [0.3, 0.4) is 0 Å². The lowest BCUT2D eigenvalue weighted by Crippen LogP contribution is -2.26. The van der Waals surface area contributed by atoms with E-state index in [1.54, 1.807) is 25.7 Å². The summed E-state index contributed by atoms with van der Waals surface area (Å²) in [6.45, 7) is 3.46. The molecule has 5 heteroatoms. The molecule has 2 aliphatic heterocycles. The lowest BCUT2D eigenvalue weighted by Gasteiger charge is -2.17. The van der Waals surface area contributed by atoms with Crippen LogP contribution in [0.2, 0.25) is 0 Å². The number of hydrogen-bond donors (Lipinski definition) is 0. The van der Waals surface area contributed by atoms with E-state index >= 15 is 0 Å². The molecule has 2 saturated heterocycles. The number of halogens is 1. The van der Waals surface area contributed by atoms with Gasteiger partial charge in [0.25, 0.3) is 0 Å². The van der Waals surface area contributed by atoms with E-state index in [4.69, 9.17) is 0 Å². The van der Waals surface area contributed by atoms with Crippen molar-refractivity contribution in [2.75, 3.05) is 18.4 Å². The Morgan fingerprint density at radius 2 is 1.11 bits per heavy atom. The van der Waals surface area contributed by atoms with Crippen molar-refractivity contribution in [2.45, 2.75) is 103 Å². The maximum absolute atomic E-state index is 12.6. The molecule has 0 aromatic heterocycles. The van der Waals surface area contributed by atoms with E-state index in [9.17, 15) is 9.59 Å². The van der Waals surface area contributed by atoms with Gasteiger partial charge in [0.1, 0.15) is 0 Å². The predicted molar refractivity (Wildman–Crippen MR) is 182 cm³/mol. The Morgan fingerprint density at radius 3 is 1.56 bits per heavy atom. The molecule has 45 heavy (non-hydrogen) atoms. The van der Waals surface area contributed by atoms with Gasteiger partial charge in [-0.15, -0.1) is 0 Å². The molecule has 2 amide bonds. The quantitative estimate of drug-likeness (QED) is 0.250. The summed E-state index contributed by atoms with van der Waals surface area (Å²) in [7, 11) is 0. The summed E-state index contributed by atoms with van der Waals surface area (Å²) in [5.41, 5.74) is 5.98. The van der Waals surface area contributed by atoms with Crippen LogP contribution in [0.25, 0.3) is 0 Å². The molecule has 6 saturated carbocycles. The minimum atomic E-state index is 0.295. The fraction of sp³-hybridized carbons (Fsp3) is 0.650. The highest BCUT2D eigenvalue weighted by Gasteiger charge is 2.86. The molecule has 6 aliphatic carbocycles. The Hall–Kier alpha value is -2.14. The Labute approximate surface area is 278 Å². The van der Waals surface area contributed by atoms with Crippen LogP contribution in [0.4, 0.5) is 0 Å². The lowest BCUT2D eigenvalue weighted by molar-refractivity contribution is -0.131. The van der Waals surface area contributed by atoms with E-state index in [0.717, 1.165) is 85.4 Å². The molecule has 0 radical (unpaired) electrons. The Morgan fingerprint density at radius 1 is 0.622 bits per heavy atom. The summed E-state index contributed by atoms with van der Waals surface area (Å²) in [5.74, 6) is 3.18. The van der Waals surface area contributed by atoms with E-state index in [-0.39, 0.29) is 0 Å². The van der Waals surface area contributed by atoms with Crippen molar-refractivity contribution in [1.29, 1.82) is 0 Å². The first-order valence-electron chi connectivity index (χ1n) is 18.2. The largest absolute Gasteiger partial charge is 0.338 e. The molecule has 240 valence electrons. The van der Waals surface area contributed by atoms with Gasteiger partial charge in [0.2, 0.25) is 11.8 Å². The molecule has 2 aromatic carbocycles. The maximum Gasteiger partial charge on any atom is 0.226 e. The number of fused-ring (bicyclic) bond motifs is 2. The van der Waals surface area contributed by atoms with Gasteiger partial charge in [-0.1, -0.05) is 76.6 Å². The summed E-state index contributed by atoms with van der Waals surface area (Å²) >= 11 is 3.55. The van der Waals surface area contributed by atoms with Crippen LogP contribution in [-0.2, 0) is 22.7 Å². The van der Waals surface area contributed by atoms with Gasteiger partial charge in [-0.25, -0.2) is 0 Å². The van der Waals surface area contributed by atoms with Gasteiger partial charge >= 0.3 is 0 Å². The zero-order valence-corrected chi connectivity index (χ0v) is 28.6. The van der Waals surface area contributed by atoms with Crippen molar-refractivity contribution in [3.8, 4) is 0 Å². The molecule has 1 unspecified atom stereocenters. The van der Waals surface area contributed by atoms with Crippen LogP contribution < -0.4 is 0 Å². The van der Waals surface area contributed by atoms with Gasteiger partial charge in [-0.3, -0.25) is 9.59 Å². The number of rotatable bonds is 9. The van der Waals surface area contributed by atoms with E-state index in [1.807, 2.05) is 29.2 Å². The molecular formula is C40H51BrN2O2. The monoisotopic (exact) mass is 670 g/mol. The van der Waals surface area contributed by atoms with Gasteiger partial charge in [0.05, 0.1) is 0 Å². The molecule has 8 fully saturated rings. The average Bonchev–Trinajstić information content (AvgIpc) is 3.82. The van der Waals surface area contributed by atoms with E-state index in [2.05, 4.69) is 57.2 Å². The lowest BCUT2D eigenvalue weighted by atomic mass is 9.98. The minimum Gasteiger partial charge on any atom is -0.338 e. The number of likely N-dealkylation sites (tertiary alicyclic amines) is 2. The molecule has 10 rings (SSSR count). The smallest absolute Gasteiger partial charge is 0.226 e. The van der Waals surface area contributed by atoms with Crippen LogP contribution in [0.5, 0.6) is 0 Å². The number of amides is 2. The molecule has 0 N–H and O–H groups in total. The normalized spacial score (nSPS) is 29.0. The molecule has 2 heterocycles. The van der Waals surface area contributed by atoms with Gasteiger partial charge in [0.15, 0.2) is 0 Å². The third-order valence-corrected chi connectivity index (χ3v) is 14.3. The van der Waals surface area contributed by atoms with Gasteiger partial charge < -0.3 is 9.80 Å². The zero-order chi connectivity index (χ0) is 30.7. The molecule has 1 atom stereocenters. The summed E-state index contributed by atoms with van der Waals surface area (Å²) in [6, 6.07) is 20.5. The van der Waals surface area contributed by atoms with Crippen molar-refractivity contribution >= 4 is 27.7 Å². The summed E-state index contributed by atoms with van der Waals surface area (Å²) in [6.07, 6.45) is 19.1. The second-order valence-corrected chi connectivity index (χ2v) is 16.7. The maximum atomic E-state index is 12.6. The molecule has 2 aromatic rings. The molecule has 4 spiro atoms. The molecule has 0 bridgehead atoms. The zero-order valence-electron chi connectivity index (χ0n) is 27.0. The SMILES string of the molecule is BrCCC1C2(CC2)C12CC2.O=C1C(CCC2C3(CC3)C23CC3)CCN1Cc1ccccc1.O=C1CCCN1Cc1ccccc1. The molecular weight excluding hydrogens is 620 g/mol. The third kappa shape index (κ3) is 5.41. The van der Waals surface area contributed by atoms with E-state index in [0.29, 0.717) is 17.7 Å². The van der Waals surface area contributed by atoms with Gasteiger partial charge in [0, 0.05) is 43.8 Å².